The molecule has 0 aliphatic rings. The molecule has 0 fully saturated rings. The van der Waals surface area contributed by atoms with Gasteiger partial charge in [-0.2, -0.15) is 0 Å². The van der Waals surface area contributed by atoms with E-state index >= 15 is 0 Å². The van der Waals surface area contributed by atoms with Crippen molar-refractivity contribution in [1.82, 2.24) is 5.32 Å². The third-order valence-electron chi connectivity index (χ3n) is 2.75. The summed E-state index contributed by atoms with van der Waals surface area (Å²) in [5, 5.41) is 2.61. The third kappa shape index (κ3) is 7.08. The molecule has 0 unspecified atom stereocenters. The largest absolute Gasteiger partial charge is 0.465 e. The number of carbonyl (C=O) groups is 3. The zero-order valence-electron chi connectivity index (χ0n) is 13.1. The molecule has 1 amide bonds. The number of esters is 2. The summed E-state index contributed by atoms with van der Waals surface area (Å²) in [5.41, 5.74) is 1.25. The SMILES string of the molecule is C/C=C/C=C/C(=O)OCC(=O)NCc1ccc(C(=O)OC)cc1. The molecule has 0 saturated carbocycles. The normalized spacial score (nSPS) is 10.7. The Bertz CT molecular complexity index is 602. The molecule has 6 heteroatoms. The molecule has 0 heterocycles. The maximum Gasteiger partial charge on any atom is 0.337 e. The fraction of sp³-hybridized carbons (Fsp3) is 0.235. The van der Waals surface area contributed by atoms with E-state index in [2.05, 4.69) is 10.1 Å². The van der Waals surface area contributed by atoms with E-state index in [-0.39, 0.29) is 13.2 Å². The van der Waals surface area contributed by atoms with Crippen molar-refractivity contribution >= 4 is 17.8 Å². The van der Waals surface area contributed by atoms with Crippen LogP contribution in [-0.4, -0.2) is 31.6 Å². The van der Waals surface area contributed by atoms with Crippen LogP contribution >= 0.6 is 0 Å². The van der Waals surface area contributed by atoms with E-state index in [1.807, 2.05) is 6.92 Å². The molecule has 0 aliphatic carbocycles. The summed E-state index contributed by atoms with van der Waals surface area (Å²) in [6.07, 6.45) is 6.21. The molecule has 0 aliphatic heterocycles. The highest BCUT2D eigenvalue weighted by Gasteiger charge is 2.06. The lowest BCUT2D eigenvalue weighted by atomic mass is 10.1. The van der Waals surface area contributed by atoms with Crippen LogP contribution < -0.4 is 5.32 Å². The van der Waals surface area contributed by atoms with Crippen LogP contribution in [0.2, 0.25) is 0 Å². The number of hydrogen-bond donors (Lipinski definition) is 1. The number of hydrogen-bond acceptors (Lipinski definition) is 5. The molecule has 0 atom stereocenters. The van der Waals surface area contributed by atoms with Crippen molar-refractivity contribution < 1.29 is 23.9 Å². The van der Waals surface area contributed by atoms with Crippen molar-refractivity contribution in [1.29, 1.82) is 0 Å². The number of nitrogens with one attached hydrogen (secondary N) is 1. The topological polar surface area (TPSA) is 81.7 Å². The van der Waals surface area contributed by atoms with Gasteiger partial charge in [-0.1, -0.05) is 30.4 Å². The maximum absolute atomic E-state index is 11.6. The van der Waals surface area contributed by atoms with Crippen LogP contribution in [0.5, 0.6) is 0 Å². The second kappa shape index (κ2) is 9.94. The van der Waals surface area contributed by atoms with Crippen LogP contribution in [0.25, 0.3) is 0 Å². The summed E-state index contributed by atoms with van der Waals surface area (Å²) >= 11 is 0. The second-order valence-electron chi connectivity index (χ2n) is 4.46. The molecule has 23 heavy (non-hydrogen) atoms. The van der Waals surface area contributed by atoms with Crippen molar-refractivity contribution in [2.24, 2.45) is 0 Å². The van der Waals surface area contributed by atoms with Gasteiger partial charge in [0.1, 0.15) is 0 Å². The Morgan fingerprint density at radius 2 is 1.83 bits per heavy atom. The van der Waals surface area contributed by atoms with Gasteiger partial charge in [-0.25, -0.2) is 9.59 Å². The summed E-state index contributed by atoms with van der Waals surface area (Å²) < 4.78 is 9.37. The number of ether oxygens (including phenoxy) is 2. The standard InChI is InChI=1S/C17H19NO5/c1-3-4-5-6-16(20)23-12-15(19)18-11-13-7-9-14(10-8-13)17(21)22-2/h3-10H,11-12H2,1-2H3,(H,18,19)/b4-3+,6-5+. The van der Waals surface area contributed by atoms with Crippen LogP contribution in [0.1, 0.15) is 22.8 Å². The third-order valence-corrected chi connectivity index (χ3v) is 2.75. The van der Waals surface area contributed by atoms with Crippen LogP contribution in [0.15, 0.2) is 48.6 Å². The molecule has 1 aromatic carbocycles. The van der Waals surface area contributed by atoms with E-state index in [9.17, 15) is 14.4 Å². The molecule has 0 spiro atoms. The quantitative estimate of drug-likeness (QED) is 0.471. The van der Waals surface area contributed by atoms with Crippen LogP contribution in [-0.2, 0) is 25.6 Å². The van der Waals surface area contributed by atoms with Crippen molar-refractivity contribution in [3.63, 3.8) is 0 Å². The van der Waals surface area contributed by atoms with Gasteiger partial charge in [0.25, 0.3) is 5.91 Å². The first kappa shape index (κ1) is 18.2. The molecule has 6 nitrogen and oxygen atoms in total. The average Bonchev–Trinajstić information content (AvgIpc) is 2.58. The minimum atomic E-state index is -0.583. The van der Waals surface area contributed by atoms with Gasteiger partial charge in [0.15, 0.2) is 6.61 Å². The van der Waals surface area contributed by atoms with E-state index in [4.69, 9.17) is 4.74 Å². The number of rotatable bonds is 7. The Morgan fingerprint density at radius 1 is 1.13 bits per heavy atom. The lowest BCUT2D eigenvalue weighted by Crippen LogP contribution is -2.28. The van der Waals surface area contributed by atoms with Crippen molar-refractivity contribution in [3.05, 3.63) is 59.7 Å². The maximum atomic E-state index is 11.6. The highest BCUT2D eigenvalue weighted by molar-refractivity contribution is 5.89. The number of allylic oxidation sites excluding steroid dienone is 3. The van der Waals surface area contributed by atoms with Crippen molar-refractivity contribution in [3.8, 4) is 0 Å². The van der Waals surface area contributed by atoms with Gasteiger partial charge < -0.3 is 14.8 Å². The lowest BCUT2D eigenvalue weighted by molar-refractivity contribution is -0.143. The van der Waals surface area contributed by atoms with Crippen LogP contribution in [0.4, 0.5) is 0 Å². The van der Waals surface area contributed by atoms with Crippen molar-refractivity contribution in [2.45, 2.75) is 13.5 Å². The minimum absolute atomic E-state index is 0.270. The molecule has 122 valence electrons. The fourth-order valence-electron chi connectivity index (χ4n) is 1.56. The summed E-state index contributed by atoms with van der Waals surface area (Å²) in [7, 11) is 1.31. The van der Waals surface area contributed by atoms with E-state index in [0.717, 1.165) is 5.56 Å². The zero-order chi connectivity index (χ0) is 17.1. The Kier molecular flexibility index (Phi) is 7.85. The van der Waals surface area contributed by atoms with Gasteiger partial charge in [0, 0.05) is 12.6 Å². The van der Waals surface area contributed by atoms with E-state index in [1.54, 1.807) is 36.4 Å². The van der Waals surface area contributed by atoms with Gasteiger partial charge in [-0.05, 0) is 24.6 Å². The molecule has 0 aromatic heterocycles. The predicted octanol–water partition coefficient (Wildman–Crippen LogP) is 1.76. The highest BCUT2D eigenvalue weighted by atomic mass is 16.5. The number of methoxy groups -OCH3 is 1. The van der Waals surface area contributed by atoms with Gasteiger partial charge in [-0.15, -0.1) is 0 Å². The zero-order valence-corrected chi connectivity index (χ0v) is 13.1. The molecule has 0 radical (unpaired) electrons. The first-order valence-electron chi connectivity index (χ1n) is 6.97. The first-order valence-corrected chi connectivity index (χ1v) is 6.97. The van der Waals surface area contributed by atoms with Gasteiger partial charge >= 0.3 is 11.9 Å². The monoisotopic (exact) mass is 317 g/mol. The van der Waals surface area contributed by atoms with E-state index in [1.165, 1.54) is 19.3 Å². The highest BCUT2D eigenvalue weighted by Crippen LogP contribution is 2.05. The molecule has 0 bridgehead atoms. The molecule has 1 aromatic rings. The van der Waals surface area contributed by atoms with Gasteiger partial charge in [0.2, 0.25) is 0 Å². The smallest absolute Gasteiger partial charge is 0.337 e. The second-order valence-corrected chi connectivity index (χ2v) is 4.46. The number of benzene rings is 1. The Hall–Kier alpha value is -2.89. The van der Waals surface area contributed by atoms with E-state index < -0.39 is 17.8 Å². The average molecular weight is 317 g/mol. The molecule has 1 N–H and O–H groups in total. The van der Waals surface area contributed by atoms with Gasteiger partial charge in [0.05, 0.1) is 12.7 Å². The number of carbonyl (C=O) groups excluding carboxylic acids is 3. The van der Waals surface area contributed by atoms with Crippen LogP contribution in [0, 0.1) is 0 Å². The Labute approximate surface area is 134 Å². The minimum Gasteiger partial charge on any atom is -0.465 e. The molecular formula is C17H19NO5. The molecule has 0 saturated heterocycles. The summed E-state index contributed by atoms with van der Waals surface area (Å²) in [4.78, 5) is 34.1. The number of amides is 1. The molecule has 1 rings (SSSR count). The predicted molar refractivity (Wildman–Crippen MR) is 84.5 cm³/mol. The first-order chi connectivity index (χ1) is 11.1. The lowest BCUT2D eigenvalue weighted by Gasteiger charge is -2.06. The fourth-order valence-corrected chi connectivity index (χ4v) is 1.56. The van der Waals surface area contributed by atoms with E-state index in [0.29, 0.717) is 5.56 Å². The Morgan fingerprint density at radius 3 is 2.43 bits per heavy atom. The van der Waals surface area contributed by atoms with Gasteiger partial charge in [-0.3, -0.25) is 4.79 Å². The van der Waals surface area contributed by atoms with Crippen molar-refractivity contribution in [2.75, 3.05) is 13.7 Å². The summed E-state index contributed by atoms with van der Waals surface area (Å²) in [6, 6.07) is 6.63. The van der Waals surface area contributed by atoms with Crippen LogP contribution in [0.3, 0.4) is 0 Å². The Balaban J connectivity index is 2.36. The molecular weight excluding hydrogens is 298 g/mol. The summed E-state index contributed by atoms with van der Waals surface area (Å²) in [5.74, 6) is -1.41. The summed E-state index contributed by atoms with van der Waals surface area (Å²) in [6.45, 7) is 1.74.